The SMILES string of the molecule is CCO[C@]12C[C@@H](O)C[C@@H](O)[C@H](O)CC[C@@H](O)C[C@@H](O)CC(=O)O[C@@H](C)[C@H](C)[C@H](O)[C@@H](C)/C=C/C=C/C=C/C=C/C=C/C=C/C=C/[C@H](O[C@@H]3O[C@H](C)[C@@H](O)[C@H](NC(=O)OCC4c5ccccc5-c5ccccc54)[C@@H]3O)C[C@H](O1)[C@H](C(=O)O)[C@@H](O)C2. The van der Waals surface area contributed by atoms with Crippen LogP contribution in [0.5, 0.6) is 0 Å². The van der Waals surface area contributed by atoms with Crippen molar-refractivity contribution in [1.82, 2.24) is 5.32 Å². The molecule has 1 aliphatic carbocycles. The lowest BCUT2D eigenvalue weighted by Crippen LogP contribution is -2.64. The molecule has 1 amide bonds. The molecule has 2 bridgehead atoms. The lowest BCUT2D eigenvalue weighted by molar-refractivity contribution is -0.323. The molecule has 84 heavy (non-hydrogen) atoms. The number of amides is 1. The Hall–Kier alpha value is -5.69. The molecule has 20 nitrogen and oxygen atoms in total. The number of carbonyl (C=O) groups is 3. The maximum Gasteiger partial charge on any atom is 0.407 e. The topological polar surface area (TPSA) is 321 Å². The summed E-state index contributed by atoms with van der Waals surface area (Å²) in [4.78, 5) is 39.3. The van der Waals surface area contributed by atoms with Gasteiger partial charge in [-0.1, -0.05) is 147 Å². The summed E-state index contributed by atoms with van der Waals surface area (Å²) < 4.78 is 36.3. The Morgan fingerprint density at radius 3 is 1.82 bits per heavy atom. The van der Waals surface area contributed by atoms with E-state index in [0.717, 1.165) is 22.3 Å². The Labute approximate surface area is 491 Å². The number of rotatable bonds is 8. The van der Waals surface area contributed by atoms with E-state index in [-0.39, 0.29) is 50.7 Å². The number of hydrogen-bond donors (Lipinski definition) is 11. The first-order valence-corrected chi connectivity index (χ1v) is 29.1. The molecule has 4 aliphatic rings. The molecule has 0 aromatic heterocycles. The van der Waals surface area contributed by atoms with E-state index in [1.54, 1.807) is 81.5 Å². The molecule has 0 radical (unpaired) electrons. The fraction of sp³-hybridized carbons (Fsp3) is 0.547. The quantitative estimate of drug-likeness (QED) is 0.149. The van der Waals surface area contributed by atoms with Crippen LogP contribution in [0.1, 0.15) is 103 Å². The summed E-state index contributed by atoms with van der Waals surface area (Å²) in [5.41, 5.74) is 4.02. The van der Waals surface area contributed by atoms with Crippen LogP contribution in [0.4, 0.5) is 4.79 Å². The number of carboxylic acids is 1. The van der Waals surface area contributed by atoms with Crippen LogP contribution in [0.3, 0.4) is 0 Å². The van der Waals surface area contributed by atoms with Gasteiger partial charge >= 0.3 is 18.0 Å². The zero-order valence-electron chi connectivity index (χ0n) is 48.4. The first-order chi connectivity index (χ1) is 40.1. The highest BCUT2D eigenvalue weighted by Crippen LogP contribution is 2.45. The zero-order valence-corrected chi connectivity index (χ0v) is 48.4. The molecule has 11 N–H and O–H groups in total. The second-order valence-corrected chi connectivity index (χ2v) is 22.4. The lowest BCUT2D eigenvalue weighted by atomic mass is 9.82. The van der Waals surface area contributed by atoms with E-state index in [1.807, 2.05) is 79.8 Å². The van der Waals surface area contributed by atoms with Gasteiger partial charge < -0.3 is 84.8 Å². The van der Waals surface area contributed by atoms with Crippen molar-refractivity contribution >= 4 is 18.0 Å². The molecule has 462 valence electrons. The fourth-order valence-corrected chi connectivity index (χ4v) is 11.3. The predicted molar refractivity (Wildman–Crippen MR) is 310 cm³/mol. The van der Waals surface area contributed by atoms with E-state index in [1.165, 1.54) is 6.92 Å². The van der Waals surface area contributed by atoms with Gasteiger partial charge in [-0.2, -0.15) is 0 Å². The molecular weight excluding hydrogens is 1090 g/mol. The summed E-state index contributed by atoms with van der Waals surface area (Å²) in [5, 5.41) is 114. The fourth-order valence-electron chi connectivity index (χ4n) is 11.3. The Balaban J connectivity index is 1.22. The molecule has 2 aromatic rings. The van der Waals surface area contributed by atoms with Crippen LogP contribution in [0.2, 0.25) is 0 Å². The van der Waals surface area contributed by atoms with Gasteiger partial charge in [0.05, 0.1) is 73.5 Å². The first-order valence-electron chi connectivity index (χ1n) is 29.1. The Morgan fingerprint density at radius 1 is 0.643 bits per heavy atom. The Bertz CT molecular complexity index is 2590. The van der Waals surface area contributed by atoms with Crippen molar-refractivity contribution < 1.29 is 93.9 Å². The van der Waals surface area contributed by atoms with Crippen molar-refractivity contribution in [1.29, 1.82) is 0 Å². The third kappa shape index (κ3) is 19.2. The van der Waals surface area contributed by atoms with Gasteiger partial charge in [-0.25, -0.2) is 4.79 Å². The van der Waals surface area contributed by atoms with Gasteiger partial charge in [-0.3, -0.25) is 9.59 Å². The molecule has 2 fully saturated rings. The summed E-state index contributed by atoms with van der Waals surface area (Å²) >= 11 is 0. The molecule has 0 unspecified atom stereocenters. The van der Waals surface area contributed by atoms with E-state index in [2.05, 4.69) is 5.32 Å². The number of allylic oxidation sites excluding steroid dienone is 12. The number of aliphatic hydroxyl groups is 9. The van der Waals surface area contributed by atoms with Crippen LogP contribution in [0.15, 0.2) is 134 Å². The zero-order chi connectivity index (χ0) is 61.1. The van der Waals surface area contributed by atoms with Crippen LogP contribution >= 0.6 is 0 Å². The summed E-state index contributed by atoms with van der Waals surface area (Å²) in [6, 6.07) is 14.3. The molecule has 19 atom stereocenters. The summed E-state index contributed by atoms with van der Waals surface area (Å²) in [7, 11) is 0. The molecule has 6 rings (SSSR count). The average Bonchev–Trinajstić information content (AvgIpc) is 2.06. The number of ether oxygens (including phenoxy) is 6. The van der Waals surface area contributed by atoms with Crippen LogP contribution in [0.25, 0.3) is 11.1 Å². The number of esters is 1. The van der Waals surface area contributed by atoms with Crippen molar-refractivity contribution in [3.8, 4) is 11.1 Å². The van der Waals surface area contributed by atoms with Gasteiger partial charge in [0.2, 0.25) is 0 Å². The number of alkyl carbamates (subject to hydrolysis) is 1. The third-order valence-electron chi connectivity index (χ3n) is 16.0. The van der Waals surface area contributed by atoms with E-state index >= 15 is 0 Å². The standard InChI is InChI=1S/C64H87NO19/c1-6-80-64-35-44(68)32-52(70)51(69)30-29-42(66)31-43(67)33-55(72)81-40(4)39(3)58(73)38(2)23-17-15-13-11-9-7-8-10-12-14-16-18-24-45(34-54(84-64)56(61(76)77)53(71)36-64)83-62-60(75)57(59(74)41(5)82-62)65-63(78)79-37-50-48-27-21-19-25-46(48)47-26-20-22-28-49(47)50/h7-28,38-45,50-54,56-60,62,66-71,73-75H,6,29-37H2,1-5H3,(H,65,78)(H,76,77)/b8-7+,11-9+,12-10+,15-13+,16-14+,23-17+,24-18+/t38-,39-,40-,41+,42+,43+,44-,45-,51+,52+,53-,54-,56+,57-,58+,59+,60-,62-,64+/m0/s1. The Morgan fingerprint density at radius 2 is 1.23 bits per heavy atom. The molecule has 2 aromatic carbocycles. The molecule has 20 heteroatoms. The monoisotopic (exact) mass is 1170 g/mol. The van der Waals surface area contributed by atoms with Crippen molar-refractivity contribution in [3.63, 3.8) is 0 Å². The molecule has 2 saturated heterocycles. The highest BCUT2D eigenvalue weighted by molar-refractivity contribution is 5.79. The third-order valence-corrected chi connectivity index (χ3v) is 16.0. The molecule has 3 heterocycles. The summed E-state index contributed by atoms with van der Waals surface area (Å²) in [5.74, 6) is -6.62. The first kappa shape index (κ1) is 67.4. The van der Waals surface area contributed by atoms with Crippen LogP contribution in [-0.2, 0) is 38.0 Å². The van der Waals surface area contributed by atoms with E-state index in [0.29, 0.717) is 0 Å². The summed E-state index contributed by atoms with van der Waals surface area (Å²) in [6.45, 7) is 8.30. The number of benzene rings is 2. The Kier molecular flexibility index (Phi) is 26.3. The van der Waals surface area contributed by atoms with Gasteiger partial charge in [-0.15, -0.1) is 0 Å². The van der Waals surface area contributed by atoms with Gasteiger partial charge in [0.15, 0.2) is 12.1 Å². The molecule has 3 aliphatic heterocycles. The normalized spacial score (nSPS) is 38.3. The maximum atomic E-state index is 13.6. The van der Waals surface area contributed by atoms with Crippen LogP contribution in [0, 0.1) is 17.8 Å². The minimum absolute atomic E-state index is 0.0320. The van der Waals surface area contributed by atoms with Gasteiger partial charge in [0.1, 0.15) is 30.8 Å². The molecule has 0 spiro atoms. The van der Waals surface area contributed by atoms with Gasteiger partial charge in [-0.05, 0) is 62.3 Å². The number of aliphatic carboxylic acids is 1. The highest BCUT2D eigenvalue weighted by Gasteiger charge is 2.52. The minimum Gasteiger partial charge on any atom is -0.481 e. The second-order valence-electron chi connectivity index (χ2n) is 22.4. The number of fused-ring (bicyclic) bond motifs is 5. The lowest BCUT2D eigenvalue weighted by Gasteiger charge is -2.47. The highest BCUT2D eigenvalue weighted by atomic mass is 16.7. The van der Waals surface area contributed by atoms with Crippen molar-refractivity contribution in [2.45, 2.75) is 189 Å². The number of cyclic esters (lactones) is 1. The van der Waals surface area contributed by atoms with Gasteiger partial charge in [0, 0.05) is 50.0 Å². The van der Waals surface area contributed by atoms with E-state index < -0.39 is 153 Å². The smallest absolute Gasteiger partial charge is 0.407 e. The molecule has 0 saturated carbocycles. The predicted octanol–water partition coefficient (Wildman–Crippen LogP) is 5.34. The van der Waals surface area contributed by atoms with E-state index in [4.69, 9.17) is 28.4 Å². The average molecular weight is 1170 g/mol. The number of carbonyl (C=O) groups excluding carboxylic acids is 2. The second kappa shape index (κ2) is 32.7. The number of carboxylic acid groups (broad SMARTS) is 1. The van der Waals surface area contributed by atoms with Crippen molar-refractivity contribution in [2.24, 2.45) is 17.8 Å². The largest absolute Gasteiger partial charge is 0.481 e. The number of nitrogens with one attached hydrogen (secondary N) is 1. The van der Waals surface area contributed by atoms with Crippen molar-refractivity contribution in [3.05, 3.63) is 145 Å². The van der Waals surface area contributed by atoms with Gasteiger partial charge in [0.25, 0.3) is 0 Å². The molecular formula is C64H87NO19. The number of hydrogen-bond acceptors (Lipinski definition) is 18. The van der Waals surface area contributed by atoms with E-state index in [9.17, 15) is 65.4 Å². The number of aliphatic hydroxyl groups excluding tert-OH is 9. The minimum atomic E-state index is -1.85. The van der Waals surface area contributed by atoms with Crippen molar-refractivity contribution in [2.75, 3.05) is 13.2 Å². The maximum absolute atomic E-state index is 13.6. The summed E-state index contributed by atoms with van der Waals surface area (Å²) in [6.07, 6.45) is 2.45. The van der Waals surface area contributed by atoms with Crippen LogP contribution in [-0.4, -0.2) is 180 Å². The van der Waals surface area contributed by atoms with Crippen LogP contribution < -0.4 is 5.32 Å².